The van der Waals surface area contributed by atoms with Crippen molar-refractivity contribution in [3.05, 3.63) is 30.9 Å². The van der Waals surface area contributed by atoms with Crippen molar-refractivity contribution in [2.75, 3.05) is 19.9 Å². The number of carbonyl (C=O) groups excluding carboxylic acids is 1. The molecule has 1 aliphatic rings. The zero-order valence-corrected chi connectivity index (χ0v) is 14.1. The molecule has 1 amide bonds. The third-order valence-corrected chi connectivity index (χ3v) is 3.26. The van der Waals surface area contributed by atoms with Crippen LogP contribution in [0, 0.1) is 13.2 Å². The molecule has 1 saturated heterocycles. The summed E-state index contributed by atoms with van der Waals surface area (Å²) in [6.45, 7) is 9.23. The van der Waals surface area contributed by atoms with Crippen LogP contribution in [0.15, 0.2) is 17.7 Å². The van der Waals surface area contributed by atoms with Crippen LogP contribution < -0.4 is 5.73 Å². The van der Waals surface area contributed by atoms with Gasteiger partial charge in [0.25, 0.3) is 0 Å². The Morgan fingerprint density at radius 2 is 2.14 bits per heavy atom. The Labute approximate surface area is 137 Å². The first kappa shape index (κ1) is 21.4. The number of ether oxygens (including phenoxy) is 1. The molecule has 0 aromatic rings. The van der Waals surface area contributed by atoms with Gasteiger partial charge in [0.05, 0.1) is 18.8 Å². The minimum atomic E-state index is -2.55. The summed E-state index contributed by atoms with van der Waals surface area (Å²) in [4.78, 5) is 11.6. The molecule has 7 nitrogen and oxygen atoms in total. The third kappa shape index (κ3) is 9.41. The zero-order valence-electron chi connectivity index (χ0n) is 12.2. The molecule has 1 fully saturated rings. The van der Waals surface area contributed by atoms with Crippen LogP contribution in [0.4, 0.5) is 0 Å². The number of aliphatic hydroxyl groups excluding tert-OH is 2. The summed E-state index contributed by atoms with van der Waals surface area (Å²) in [5, 5.41) is 18.3. The van der Waals surface area contributed by atoms with E-state index < -0.39 is 31.6 Å². The molecule has 22 heavy (non-hydrogen) atoms. The van der Waals surface area contributed by atoms with E-state index in [1.807, 2.05) is 0 Å². The number of hydrogen-bond donors (Lipinski definition) is 3. The van der Waals surface area contributed by atoms with E-state index >= 15 is 0 Å². The molecule has 0 aliphatic carbocycles. The molecule has 0 aromatic heterocycles. The van der Waals surface area contributed by atoms with Crippen molar-refractivity contribution in [2.45, 2.75) is 18.3 Å². The Morgan fingerprint density at radius 3 is 2.50 bits per heavy atom. The van der Waals surface area contributed by atoms with Gasteiger partial charge in [-0.1, -0.05) is 0 Å². The van der Waals surface area contributed by atoms with Crippen LogP contribution in [0.5, 0.6) is 0 Å². The number of aliphatic hydroxyl groups is 2. The van der Waals surface area contributed by atoms with Crippen molar-refractivity contribution in [1.29, 1.82) is 0 Å². The normalized spacial score (nSPS) is 24.7. The summed E-state index contributed by atoms with van der Waals surface area (Å²) in [5.74, 6) is -0.631. The van der Waals surface area contributed by atoms with Gasteiger partial charge in [0.15, 0.2) is 7.37 Å². The van der Waals surface area contributed by atoms with E-state index in [9.17, 15) is 14.5 Å². The Bertz CT molecular complexity index is 475. The minimum absolute atomic E-state index is 0.0169. The van der Waals surface area contributed by atoms with E-state index in [1.165, 1.54) is 30.5 Å². The quantitative estimate of drug-likeness (QED) is 0.190. The van der Waals surface area contributed by atoms with E-state index in [4.69, 9.17) is 26.7 Å². The second-order valence-electron chi connectivity index (χ2n) is 4.62. The topological polar surface area (TPSA) is 119 Å². The Kier molecular flexibility index (Phi) is 9.93. The number of nitrogens with two attached hydrogens (primary N) is 1. The summed E-state index contributed by atoms with van der Waals surface area (Å²) in [6, 6.07) is 0. The van der Waals surface area contributed by atoms with Crippen LogP contribution in [0.2, 0.25) is 0 Å². The van der Waals surface area contributed by atoms with Crippen molar-refractivity contribution in [3.63, 3.8) is 0 Å². The van der Waals surface area contributed by atoms with Crippen LogP contribution in [0.3, 0.4) is 0 Å². The van der Waals surface area contributed by atoms with E-state index in [2.05, 4.69) is 15.0 Å². The fourth-order valence-electron chi connectivity index (χ4n) is 1.17. The van der Waals surface area contributed by atoms with Gasteiger partial charge in [0, 0.05) is 13.3 Å². The molecular formula is C13H20NNiO6P-2. The predicted molar refractivity (Wildman–Crippen MR) is 78.8 cm³/mol. The Morgan fingerprint density at radius 1 is 1.55 bits per heavy atom. The molecule has 130 valence electrons. The van der Waals surface area contributed by atoms with Gasteiger partial charge in [0.2, 0.25) is 0 Å². The molecule has 1 rings (SSSR count). The number of allylic oxidation sites excluding steroid dienone is 1. The molecule has 4 N–H and O–H groups in total. The van der Waals surface area contributed by atoms with E-state index in [-0.39, 0.29) is 12.2 Å². The molecule has 0 saturated carbocycles. The van der Waals surface area contributed by atoms with E-state index in [0.717, 1.165) is 6.61 Å². The summed E-state index contributed by atoms with van der Waals surface area (Å²) in [6.07, 6.45) is 0.253. The van der Waals surface area contributed by atoms with Gasteiger partial charge < -0.3 is 19.5 Å². The second kappa shape index (κ2) is 10.2. The van der Waals surface area contributed by atoms with Crippen LogP contribution in [-0.2, 0) is 33.7 Å². The molecule has 3 atom stereocenters. The molecular weight excluding hydrogens is 356 g/mol. The first-order valence-corrected chi connectivity index (χ1v) is 9.20. The fourth-order valence-corrected chi connectivity index (χ4v) is 1.77. The number of amides is 1. The van der Waals surface area contributed by atoms with Crippen molar-refractivity contribution >= 4 is 18.3 Å². The van der Waals surface area contributed by atoms with Gasteiger partial charge in [-0.3, -0.25) is 4.57 Å². The average Bonchev–Trinajstić information content (AvgIpc) is 2.73. The second-order valence-corrected chi connectivity index (χ2v) is 7.72. The molecule has 9 heteroatoms. The Balaban J connectivity index is 0.000000433. The van der Waals surface area contributed by atoms with Crippen LogP contribution >= 0.6 is 7.37 Å². The van der Waals surface area contributed by atoms with E-state index in [0.29, 0.717) is 0 Å². The summed E-state index contributed by atoms with van der Waals surface area (Å²) < 4.78 is 21.0. The summed E-state index contributed by atoms with van der Waals surface area (Å²) in [5.41, 5.74) is 4.80. The van der Waals surface area contributed by atoms with Crippen molar-refractivity contribution in [3.8, 4) is 0 Å². The standard InChI is InChI=1S/C7H14O5P.C6H6NO.Ni/c1-13(2,10)12-4-6-7(9)5(8)3-11-6;1-3-4-5(2)6(7)8;/h3,5-9H,4H2,1-2H3;1-4H,(H2,7,8);/q2*-1;/b;4-3-;/t5-,6+,7-;;/m0../s1. The maximum absolute atomic E-state index is 11.1. The molecule has 0 unspecified atom stereocenters. The van der Waals surface area contributed by atoms with Crippen LogP contribution in [-0.4, -0.2) is 59.4 Å². The molecule has 0 bridgehead atoms. The zero-order chi connectivity index (χ0) is 17.3. The number of hydrogen-bond acceptors (Lipinski definition) is 6. The van der Waals surface area contributed by atoms with Crippen molar-refractivity contribution < 1.29 is 43.9 Å². The van der Waals surface area contributed by atoms with Gasteiger partial charge in [0.1, 0.15) is 0 Å². The number of carbonyl (C=O) groups is 1. The van der Waals surface area contributed by atoms with E-state index in [1.54, 1.807) is 0 Å². The molecule has 1 heterocycles. The maximum atomic E-state index is 11.1. The predicted octanol–water partition coefficient (Wildman–Crippen LogP) is -0.441. The van der Waals surface area contributed by atoms with Gasteiger partial charge in [-0.2, -0.15) is 6.61 Å². The van der Waals surface area contributed by atoms with Crippen molar-refractivity contribution in [2.24, 2.45) is 5.73 Å². The van der Waals surface area contributed by atoms with Gasteiger partial charge in [-0.05, 0) is 6.10 Å². The molecule has 1 aliphatic heterocycles. The Hall–Kier alpha value is -0.616. The first-order valence-electron chi connectivity index (χ1n) is 6.11. The first-order chi connectivity index (χ1) is 10.1. The van der Waals surface area contributed by atoms with Crippen LogP contribution in [0.25, 0.3) is 0 Å². The van der Waals surface area contributed by atoms with Gasteiger partial charge >= 0.3 is 60.8 Å². The monoisotopic (exact) mass is 375 g/mol. The number of primary amides is 1. The average molecular weight is 376 g/mol. The SMILES string of the molecule is CP(C)(=O)OC[C@H]1O[CH-][C@H](O)[C@@H]1O.[CH-]=C(/C=C\[CH]=[Ni])C(N)=O. The third-order valence-electron chi connectivity index (χ3n) is 2.29. The fraction of sp³-hybridized carbons (Fsp3) is 0.462. The molecule has 0 aromatic carbocycles. The van der Waals surface area contributed by atoms with Gasteiger partial charge in [-0.25, -0.2) is 0 Å². The van der Waals surface area contributed by atoms with Crippen LogP contribution in [0.1, 0.15) is 0 Å². The number of rotatable bonds is 6. The van der Waals surface area contributed by atoms with Gasteiger partial charge in [-0.15, -0.1) is 0 Å². The molecule has 0 spiro atoms. The van der Waals surface area contributed by atoms with Crippen molar-refractivity contribution in [1.82, 2.24) is 0 Å². The molecule has 0 radical (unpaired) electrons. The summed E-state index contributed by atoms with van der Waals surface area (Å²) >= 11 is 4.16. The summed E-state index contributed by atoms with van der Waals surface area (Å²) in [7, 11) is -2.55.